The van der Waals surface area contributed by atoms with Gasteiger partial charge in [-0.25, -0.2) is 9.59 Å². The molecule has 0 radical (unpaired) electrons. The van der Waals surface area contributed by atoms with Gasteiger partial charge in [0.1, 0.15) is 5.76 Å². The van der Waals surface area contributed by atoms with E-state index in [-0.39, 0.29) is 6.10 Å². The number of nitrogens with zero attached hydrogens (tertiary/aromatic N) is 3. The Morgan fingerprint density at radius 2 is 1.62 bits per heavy atom. The predicted molar refractivity (Wildman–Crippen MR) is 143 cm³/mol. The standard InChI is InChI=1S/C18H29N3O3.C8H6O7S/c1-3-5-9-23-17-14-16(21-7-11-22-12-8-21)18(13-15(17)20-19)24-10-6-4-2;9-7(10)4-1-5(8(11)12)3-6(2-4)16(13,14)15/h13-14,17H,3-12H2,1-2H3;1-3H,(H,9,10)(H,11,12)(H,13,14,15). The third-order valence-corrected chi connectivity index (χ3v) is 6.68. The molecule has 40 heavy (non-hydrogen) atoms. The number of hydrogen-bond donors (Lipinski definition) is 3. The van der Waals surface area contributed by atoms with Crippen molar-refractivity contribution in [2.45, 2.75) is 50.5 Å². The third-order valence-electron chi connectivity index (χ3n) is 5.85. The summed E-state index contributed by atoms with van der Waals surface area (Å²) in [6.45, 7) is 8.64. The van der Waals surface area contributed by atoms with E-state index in [1.807, 2.05) is 6.08 Å². The summed E-state index contributed by atoms with van der Waals surface area (Å²) in [6.07, 6.45) is 7.61. The van der Waals surface area contributed by atoms with Crippen LogP contribution in [0.5, 0.6) is 0 Å². The fourth-order valence-corrected chi connectivity index (χ4v) is 4.23. The van der Waals surface area contributed by atoms with Crippen LogP contribution in [0.4, 0.5) is 0 Å². The van der Waals surface area contributed by atoms with E-state index in [2.05, 4.69) is 23.5 Å². The fraction of sp³-hybridized carbons (Fsp3) is 0.500. The van der Waals surface area contributed by atoms with Crippen molar-refractivity contribution in [2.75, 3.05) is 39.5 Å². The highest BCUT2D eigenvalue weighted by molar-refractivity contribution is 7.85. The monoisotopic (exact) mass is 581 g/mol. The SMILES string of the molecule is CCCCOC1=CC(=[N+]=[N-])C(OCCCC)C=C1N1CCOCC1.O=C(O)c1cc(C(=O)O)cc(S(=O)(=O)O)c1. The molecule has 1 atom stereocenters. The number of benzene rings is 1. The van der Waals surface area contributed by atoms with Crippen LogP contribution in [-0.4, -0.2) is 96.1 Å². The molecule has 0 bridgehead atoms. The van der Waals surface area contributed by atoms with Crippen molar-refractivity contribution in [3.63, 3.8) is 0 Å². The largest absolute Gasteiger partial charge is 0.491 e. The molecule has 220 valence electrons. The summed E-state index contributed by atoms with van der Waals surface area (Å²) in [5.41, 5.74) is 9.79. The fourth-order valence-electron chi connectivity index (χ4n) is 3.68. The van der Waals surface area contributed by atoms with Gasteiger partial charge >= 0.3 is 17.7 Å². The molecular weight excluding hydrogens is 546 g/mol. The molecule has 1 aliphatic heterocycles. The van der Waals surface area contributed by atoms with Crippen molar-refractivity contribution in [3.8, 4) is 0 Å². The Kier molecular flexibility index (Phi) is 13.0. The zero-order chi connectivity index (χ0) is 29.7. The first-order chi connectivity index (χ1) is 19.0. The minimum absolute atomic E-state index is 0.335. The molecule has 13 nitrogen and oxygen atoms in total. The van der Waals surface area contributed by atoms with Crippen LogP contribution < -0.4 is 0 Å². The second kappa shape index (κ2) is 15.9. The first-order valence-corrected chi connectivity index (χ1v) is 14.3. The van der Waals surface area contributed by atoms with Gasteiger partial charge in [0, 0.05) is 19.7 Å². The number of carbonyl (C=O) groups is 2. The maximum absolute atomic E-state index is 10.8. The zero-order valence-corrected chi connectivity index (χ0v) is 23.3. The molecule has 1 heterocycles. The highest BCUT2D eigenvalue weighted by Crippen LogP contribution is 2.25. The van der Waals surface area contributed by atoms with Crippen LogP contribution in [0, 0.1) is 0 Å². The topological polar surface area (TPSA) is 196 Å². The van der Waals surface area contributed by atoms with Crippen molar-refractivity contribution >= 4 is 27.8 Å². The van der Waals surface area contributed by atoms with Gasteiger partial charge in [0.15, 0.2) is 6.10 Å². The van der Waals surface area contributed by atoms with Crippen LogP contribution in [-0.2, 0) is 24.3 Å². The Hall–Kier alpha value is -3.55. The van der Waals surface area contributed by atoms with Crippen molar-refractivity contribution in [2.24, 2.45) is 0 Å². The maximum atomic E-state index is 10.8. The van der Waals surface area contributed by atoms with Gasteiger partial charge in [-0.1, -0.05) is 26.7 Å². The summed E-state index contributed by atoms with van der Waals surface area (Å²) in [5, 5.41) is 17.2. The quantitative estimate of drug-likeness (QED) is 0.142. The Labute approximate surface area is 233 Å². The number of aromatic carboxylic acids is 2. The van der Waals surface area contributed by atoms with E-state index in [9.17, 15) is 23.5 Å². The molecule has 1 unspecified atom stereocenters. The summed E-state index contributed by atoms with van der Waals surface area (Å²) in [4.78, 5) is 26.1. The molecule has 3 rings (SSSR count). The molecule has 3 N–H and O–H groups in total. The van der Waals surface area contributed by atoms with Crippen LogP contribution in [0.3, 0.4) is 0 Å². The molecule has 14 heteroatoms. The van der Waals surface area contributed by atoms with Gasteiger partial charge in [0.25, 0.3) is 10.1 Å². The molecule has 1 saturated heterocycles. The van der Waals surface area contributed by atoms with Gasteiger partial charge in [0.2, 0.25) is 0 Å². The van der Waals surface area contributed by atoms with Gasteiger partial charge in [-0.2, -0.15) is 13.2 Å². The Bertz CT molecular complexity index is 1230. The lowest BCUT2D eigenvalue weighted by molar-refractivity contribution is -0.0241. The highest BCUT2D eigenvalue weighted by Gasteiger charge is 2.31. The van der Waals surface area contributed by atoms with Crippen LogP contribution in [0.2, 0.25) is 0 Å². The molecule has 1 aromatic rings. The average molecular weight is 582 g/mol. The summed E-state index contributed by atoms with van der Waals surface area (Å²) >= 11 is 0. The average Bonchev–Trinajstić information content (AvgIpc) is 2.93. The minimum atomic E-state index is -4.64. The number of unbranched alkanes of at least 4 members (excludes halogenated alkanes) is 2. The highest BCUT2D eigenvalue weighted by atomic mass is 32.2. The number of rotatable bonds is 12. The summed E-state index contributed by atoms with van der Waals surface area (Å²) < 4.78 is 47.5. The molecule has 1 aromatic carbocycles. The Morgan fingerprint density at radius 3 is 2.12 bits per heavy atom. The van der Waals surface area contributed by atoms with Crippen molar-refractivity contribution in [3.05, 3.63) is 58.5 Å². The minimum Gasteiger partial charge on any atom is -0.491 e. The molecule has 1 aliphatic carbocycles. The van der Waals surface area contributed by atoms with Crippen molar-refractivity contribution < 1.29 is 51.8 Å². The first-order valence-electron chi connectivity index (χ1n) is 12.8. The lowest BCUT2D eigenvalue weighted by Gasteiger charge is -2.33. The molecule has 2 aliphatic rings. The van der Waals surface area contributed by atoms with Gasteiger partial charge < -0.3 is 34.9 Å². The molecule has 0 saturated carbocycles. The van der Waals surface area contributed by atoms with Gasteiger partial charge in [-0.3, -0.25) is 4.55 Å². The van der Waals surface area contributed by atoms with Crippen LogP contribution in [0.25, 0.3) is 5.53 Å². The van der Waals surface area contributed by atoms with E-state index in [1.165, 1.54) is 0 Å². The van der Waals surface area contributed by atoms with Crippen molar-refractivity contribution in [1.29, 1.82) is 0 Å². The number of hydrogen-bond acceptors (Lipinski definition) is 8. The van der Waals surface area contributed by atoms with E-state index in [4.69, 9.17) is 29.0 Å². The van der Waals surface area contributed by atoms with Crippen molar-refractivity contribution in [1.82, 2.24) is 4.90 Å². The van der Waals surface area contributed by atoms with Crippen LogP contribution in [0.1, 0.15) is 60.2 Å². The molecule has 0 spiro atoms. The second-order valence-corrected chi connectivity index (χ2v) is 10.3. The third kappa shape index (κ3) is 9.88. The number of carboxylic acid groups (broad SMARTS) is 2. The summed E-state index contributed by atoms with van der Waals surface area (Å²) in [6, 6.07) is 2.13. The normalized spacial score (nSPS) is 17.1. The van der Waals surface area contributed by atoms with E-state index in [0.717, 1.165) is 56.3 Å². The van der Waals surface area contributed by atoms with E-state index in [1.54, 1.807) is 6.08 Å². The Morgan fingerprint density at radius 1 is 1.05 bits per heavy atom. The van der Waals surface area contributed by atoms with E-state index >= 15 is 0 Å². The smallest absolute Gasteiger partial charge is 0.335 e. The van der Waals surface area contributed by atoms with E-state index < -0.39 is 38.1 Å². The summed E-state index contributed by atoms with van der Waals surface area (Å²) in [7, 11) is -4.64. The molecule has 0 aromatic heterocycles. The van der Waals surface area contributed by atoms with Gasteiger partial charge in [0.05, 0.1) is 47.6 Å². The zero-order valence-electron chi connectivity index (χ0n) is 22.5. The number of ether oxygens (including phenoxy) is 3. The first kappa shape index (κ1) is 32.7. The van der Waals surface area contributed by atoms with Crippen LogP contribution in [0.15, 0.2) is 46.7 Å². The number of morpholine rings is 1. The Balaban J connectivity index is 0.000000305. The van der Waals surface area contributed by atoms with Crippen LogP contribution >= 0.6 is 0 Å². The molecule has 0 amide bonds. The van der Waals surface area contributed by atoms with Gasteiger partial charge in [-0.15, -0.1) is 0 Å². The lowest BCUT2D eigenvalue weighted by Crippen LogP contribution is -2.39. The summed E-state index contributed by atoms with van der Waals surface area (Å²) in [5.74, 6) is -2.23. The van der Waals surface area contributed by atoms with Gasteiger partial charge in [-0.05, 0) is 37.1 Å². The van der Waals surface area contributed by atoms with E-state index in [0.29, 0.717) is 44.3 Å². The number of carboxylic acids is 2. The second-order valence-electron chi connectivity index (χ2n) is 8.86. The molecule has 1 fully saturated rings. The molecular formula is C26H35N3O10S. The maximum Gasteiger partial charge on any atom is 0.335 e. The lowest BCUT2D eigenvalue weighted by atomic mass is 10.0. The predicted octanol–water partition coefficient (Wildman–Crippen LogP) is 3.10.